The number of halogens is 1. The second kappa shape index (κ2) is 7.09. The molecule has 8 heteroatoms. The van der Waals surface area contributed by atoms with Gasteiger partial charge in [0.2, 0.25) is 5.75 Å². The SMILES string of the molecule is CCNCc1cnc(Oc2ccc(Br)cc2[N+](=O)[O-])nc1. The van der Waals surface area contributed by atoms with Crippen LogP contribution in [-0.2, 0) is 6.54 Å². The molecule has 21 heavy (non-hydrogen) atoms. The number of rotatable bonds is 6. The van der Waals surface area contributed by atoms with Crippen molar-refractivity contribution in [2.75, 3.05) is 6.54 Å². The standard InChI is InChI=1S/C13H13BrN4O3/c1-2-15-6-9-7-16-13(17-8-9)21-12-4-3-10(14)5-11(12)18(19)20/h3-5,7-8,15H,2,6H2,1H3. The summed E-state index contributed by atoms with van der Waals surface area (Å²) >= 11 is 3.19. The molecule has 110 valence electrons. The molecule has 1 aromatic carbocycles. The molecular formula is C13H13BrN4O3. The first-order valence-electron chi connectivity index (χ1n) is 6.23. The molecule has 2 rings (SSSR count). The van der Waals surface area contributed by atoms with Gasteiger partial charge >= 0.3 is 11.7 Å². The van der Waals surface area contributed by atoms with Crippen molar-refractivity contribution in [2.24, 2.45) is 0 Å². The zero-order chi connectivity index (χ0) is 15.2. The van der Waals surface area contributed by atoms with Gasteiger partial charge in [-0.25, -0.2) is 9.97 Å². The third kappa shape index (κ3) is 4.20. The van der Waals surface area contributed by atoms with Gasteiger partial charge in [0, 0.05) is 35.0 Å². The van der Waals surface area contributed by atoms with E-state index in [1.807, 2.05) is 6.92 Å². The fourth-order valence-electron chi connectivity index (χ4n) is 1.57. The van der Waals surface area contributed by atoms with Crippen molar-refractivity contribution in [2.45, 2.75) is 13.5 Å². The van der Waals surface area contributed by atoms with E-state index in [4.69, 9.17) is 4.74 Å². The summed E-state index contributed by atoms with van der Waals surface area (Å²) in [5.74, 6) is 0.0997. The topological polar surface area (TPSA) is 90.2 Å². The monoisotopic (exact) mass is 352 g/mol. The summed E-state index contributed by atoms with van der Waals surface area (Å²) in [6, 6.07) is 4.59. The first-order valence-corrected chi connectivity index (χ1v) is 7.03. The average molecular weight is 353 g/mol. The van der Waals surface area contributed by atoms with Gasteiger partial charge in [-0.2, -0.15) is 0 Å². The van der Waals surface area contributed by atoms with Crippen molar-refractivity contribution in [3.8, 4) is 11.8 Å². The molecule has 0 bridgehead atoms. The Morgan fingerprint density at radius 2 is 2.10 bits per heavy atom. The molecule has 0 unspecified atom stereocenters. The van der Waals surface area contributed by atoms with Crippen molar-refractivity contribution >= 4 is 21.6 Å². The molecule has 0 fully saturated rings. The Morgan fingerprint density at radius 3 is 2.71 bits per heavy atom. The van der Waals surface area contributed by atoms with Crippen LogP contribution in [0.5, 0.6) is 11.8 Å². The zero-order valence-electron chi connectivity index (χ0n) is 11.2. The smallest absolute Gasteiger partial charge is 0.322 e. The van der Waals surface area contributed by atoms with Crippen LogP contribution in [0.3, 0.4) is 0 Å². The number of benzene rings is 1. The van der Waals surface area contributed by atoms with E-state index in [1.165, 1.54) is 12.1 Å². The maximum Gasteiger partial charge on any atom is 0.322 e. The van der Waals surface area contributed by atoms with E-state index in [0.717, 1.165) is 12.1 Å². The van der Waals surface area contributed by atoms with Crippen molar-refractivity contribution < 1.29 is 9.66 Å². The number of nitrogens with one attached hydrogen (secondary N) is 1. The summed E-state index contributed by atoms with van der Waals surface area (Å²) in [4.78, 5) is 18.6. The van der Waals surface area contributed by atoms with Crippen LogP contribution in [0.15, 0.2) is 35.1 Å². The summed E-state index contributed by atoms with van der Waals surface area (Å²) in [6.07, 6.45) is 3.24. The van der Waals surface area contributed by atoms with Gasteiger partial charge in [0.1, 0.15) is 0 Å². The first-order chi connectivity index (χ1) is 10.1. The fraction of sp³-hybridized carbons (Fsp3) is 0.231. The third-order valence-corrected chi connectivity index (χ3v) is 3.07. The molecule has 1 aromatic heterocycles. The minimum Gasteiger partial charge on any atom is -0.417 e. The molecule has 7 nitrogen and oxygen atoms in total. The van der Waals surface area contributed by atoms with E-state index in [-0.39, 0.29) is 17.4 Å². The lowest BCUT2D eigenvalue weighted by Crippen LogP contribution is -2.12. The van der Waals surface area contributed by atoms with Gasteiger partial charge in [-0.1, -0.05) is 22.9 Å². The van der Waals surface area contributed by atoms with Crippen LogP contribution in [0.1, 0.15) is 12.5 Å². The molecule has 1 heterocycles. The molecule has 0 radical (unpaired) electrons. The predicted molar refractivity (Wildman–Crippen MR) is 80.3 cm³/mol. The van der Waals surface area contributed by atoms with Crippen LogP contribution in [0, 0.1) is 10.1 Å². The van der Waals surface area contributed by atoms with Gasteiger partial charge in [0.15, 0.2) is 0 Å². The van der Waals surface area contributed by atoms with Crippen molar-refractivity contribution in [1.82, 2.24) is 15.3 Å². The van der Waals surface area contributed by atoms with Gasteiger partial charge in [0.05, 0.1) is 4.92 Å². The summed E-state index contributed by atoms with van der Waals surface area (Å²) in [5.41, 5.74) is 0.763. The Hall–Kier alpha value is -2.06. The normalized spacial score (nSPS) is 10.4. The highest BCUT2D eigenvalue weighted by Crippen LogP contribution is 2.32. The lowest BCUT2D eigenvalue weighted by atomic mass is 10.3. The molecule has 1 N–H and O–H groups in total. The molecule has 2 aromatic rings. The van der Waals surface area contributed by atoms with Gasteiger partial charge in [-0.15, -0.1) is 0 Å². The molecule has 0 aliphatic heterocycles. The number of nitro groups is 1. The highest BCUT2D eigenvalue weighted by molar-refractivity contribution is 9.10. The summed E-state index contributed by atoms with van der Waals surface area (Å²) < 4.78 is 5.98. The van der Waals surface area contributed by atoms with Crippen LogP contribution < -0.4 is 10.1 Å². The van der Waals surface area contributed by atoms with Crippen LogP contribution in [-0.4, -0.2) is 21.4 Å². The second-order valence-electron chi connectivity index (χ2n) is 4.13. The summed E-state index contributed by atoms with van der Waals surface area (Å²) in [6.45, 7) is 3.52. The third-order valence-electron chi connectivity index (χ3n) is 2.58. The molecule has 0 aliphatic carbocycles. The van der Waals surface area contributed by atoms with Gasteiger partial charge in [0.25, 0.3) is 0 Å². The number of nitro benzene ring substituents is 1. The van der Waals surface area contributed by atoms with Crippen LogP contribution >= 0.6 is 15.9 Å². The quantitative estimate of drug-likeness (QED) is 0.634. The van der Waals surface area contributed by atoms with Crippen LogP contribution in [0.25, 0.3) is 0 Å². The van der Waals surface area contributed by atoms with Crippen LogP contribution in [0.2, 0.25) is 0 Å². The van der Waals surface area contributed by atoms with Crippen molar-refractivity contribution in [3.63, 3.8) is 0 Å². The van der Waals surface area contributed by atoms with Crippen molar-refractivity contribution in [1.29, 1.82) is 0 Å². The number of aromatic nitrogens is 2. The Balaban J connectivity index is 2.16. The lowest BCUT2D eigenvalue weighted by molar-refractivity contribution is -0.385. The molecule has 0 amide bonds. The highest BCUT2D eigenvalue weighted by Gasteiger charge is 2.17. The van der Waals surface area contributed by atoms with Crippen LogP contribution in [0.4, 0.5) is 5.69 Å². The van der Waals surface area contributed by atoms with Crippen molar-refractivity contribution in [3.05, 3.63) is 50.7 Å². The summed E-state index contributed by atoms with van der Waals surface area (Å²) in [7, 11) is 0. The number of hydrogen-bond acceptors (Lipinski definition) is 6. The zero-order valence-corrected chi connectivity index (χ0v) is 12.8. The Kier molecular flexibility index (Phi) is 5.18. The van der Waals surface area contributed by atoms with E-state index in [0.29, 0.717) is 11.0 Å². The number of ether oxygens (including phenoxy) is 1. The van der Waals surface area contributed by atoms with Gasteiger partial charge in [-0.05, 0) is 18.7 Å². The highest BCUT2D eigenvalue weighted by atomic mass is 79.9. The minimum absolute atomic E-state index is 0.0701. The molecule has 0 saturated carbocycles. The molecule has 0 atom stereocenters. The van der Waals surface area contributed by atoms with E-state index in [2.05, 4.69) is 31.2 Å². The molecule has 0 spiro atoms. The average Bonchev–Trinajstić information content (AvgIpc) is 2.48. The largest absolute Gasteiger partial charge is 0.417 e. The van der Waals surface area contributed by atoms with E-state index in [9.17, 15) is 10.1 Å². The van der Waals surface area contributed by atoms with E-state index in [1.54, 1.807) is 18.5 Å². The maximum absolute atomic E-state index is 11.0. The predicted octanol–water partition coefficient (Wildman–Crippen LogP) is 3.05. The molecule has 0 aliphatic rings. The second-order valence-corrected chi connectivity index (χ2v) is 5.04. The first kappa shape index (κ1) is 15.3. The fourth-order valence-corrected chi connectivity index (χ4v) is 1.92. The Labute approximate surface area is 129 Å². The molecular weight excluding hydrogens is 340 g/mol. The molecule has 0 saturated heterocycles. The Bertz CT molecular complexity index is 634. The van der Waals surface area contributed by atoms with Gasteiger partial charge < -0.3 is 10.1 Å². The number of nitrogens with zero attached hydrogens (tertiary/aromatic N) is 3. The van der Waals surface area contributed by atoms with Gasteiger partial charge in [-0.3, -0.25) is 10.1 Å². The van der Waals surface area contributed by atoms with E-state index < -0.39 is 4.92 Å². The number of hydrogen-bond donors (Lipinski definition) is 1. The Morgan fingerprint density at radius 1 is 1.38 bits per heavy atom. The minimum atomic E-state index is -0.514. The lowest BCUT2D eigenvalue weighted by Gasteiger charge is -2.06. The summed E-state index contributed by atoms with van der Waals surface area (Å²) in [5, 5.41) is 14.1. The van der Waals surface area contributed by atoms with E-state index >= 15 is 0 Å². The maximum atomic E-state index is 11.0.